The van der Waals surface area contributed by atoms with Crippen molar-refractivity contribution in [3.8, 4) is 0 Å². The van der Waals surface area contributed by atoms with Gasteiger partial charge in [-0.05, 0) is 33.6 Å². The molecule has 2 saturated heterocycles. The Morgan fingerprint density at radius 1 is 1.55 bits per heavy atom. The normalized spacial score (nSPS) is 27.9. The molecule has 0 aromatic rings. The Morgan fingerprint density at radius 2 is 2.25 bits per heavy atom. The molecule has 6 nitrogen and oxygen atoms in total. The molecule has 0 unspecified atom stereocenters. The largest absolute Gasteiger partial charge is 0.458 e. The summed E-state index contributed by atoms with van der Waals surface area (Å²) in [6, 6.07) is 0. The third kappa shape index (κ3) is 2.45. The third-order valence-corrected chi connectivity index (χ3v) is 3.45. The minimum absolute atomic E-state index is 0.148. The van der Waals surface area contributed by atoms with E-state index in [1.54, 1.807) is 31.9 Å². The number of ether oxygens (including phenoxy) is 2. The van der Waals surface area contributed by atoms with Crippen molar-refractivity contribution in [2.75, 3.05) is 19.8 Å². The molecule has 0 aromatic carbocycles. The van der Waals surface area contributed by atoms with E-state index in [4.69, 9.17) is 9.47 Å². The van der Waals surface area contributed by atoms with Crippen LogP contribution in [0.25, 0.3) is 0 Å². The molecule has 0 spiro atoms. The van der Waals surface area contributed by atoms with E-state index >= 15 is 0 Å². The molecule has 0 bridgehead atoms. The van der Waals surface area contributed by atoms with Crippen LogP contribution in [0.15, 0.2) is 12.7 Å². The van der Waals surface area contributed by atoms with Gasteiger partial charge in [-0.1, -0.05) is 6.08 Å². The van der Waals surface area contributed by atoms with Gasteiger partial charge in [-0.2, -0.15) is 0 Å². The molecule has 1 atom stereocenters. The highest BCUT2D eigenvalue weighted by atomic mass is 16.6. The van der Waals surface area contributed by atoms with Crippen LogP contribution < -0.4 is 0 Å². The number of hydrogen-bond acceptors (Lipinski definition) is 6. The topological polar surface area (TPSA) is 59.1 Å². The Balaban J connectivity index is 2.30. The van der Waals surface area contributed by atoms with E-state index in [0.29, 0.717) is 19.5 Å². The van der Waals surface area contributed by atoms with Crippen molar-refractivity contribution < 1.29 is 19.1 Å². The molecule has 0 saturated carbocycles. The van der Waals surface area contributed by atoms with Crippen LogP contribution >= 0.6 is 0 Å². The van der Waals surface area contributed by atoms with Crippen LogP contribution in [0.5, 0.6) is 0 Å². The number of esters is 2. The summed E-state index contributed by atoms with van der Waals surface area (Å²) in [5.74, 6) is -1.04. The lowest BCUT2D eigenvalue weighted by Gasteiger charge is -2.45. The Hall–Kier alpha value is -1.40. The van der Waals surface area contributed by atoms with Crippen LogP contribution in [0, 0.1) is 0 Å². The monoisotopic (exact) mass is 282 g/mol. The van der Waals surface area contributed by atoms with Crippen molar-refractivity contribution in [3.63, 3.8) is 0 Å². The highest BCUT2D eigenvalue weighted by Crippen LogP contribution is 2.37. The van der Waals surface area contributed by atoms with E-state index in [9.17, 15) is 9.59 Å². The average Bonchev–Trinajstić information content (AvgIpc) is 2.77. The fourth-order valence-electron chi connectivity index (χ4n) is 2.67. The molecule has 2 aliphatic heterocycles. The summed E-state index contributed by atoms with van der Waals surface area (Å²) < 4.78 is 10.6. The summed E-state index contributed by atoms with van der Waals surface area (Å²) in [7, 11) is 0. The molecule has 2 fully saturated rings. The summed E-state index contributed by atoms with van der Waals surface area (Å²) in [6.45, 7) is 10.4. The average molecular weight is 282 g/mol. The highest BCUT2D eigenvalue weighted by molar-refractivity contribution is 6.05. The number of nitrogens with zero attached hydrogens (tertiary/aromatic N) is 2. The second-order valence-electron chi connectivity index (χ2n) is 6.13. The van der Waals surface area contributed by atoms with E-state index < -0.39 is 23.1 Å². The lowest BCUT2D eigenvalue weighted by Crippen LogP contribution is -2.68. The maximum absolute atomic E-state index is 12.6. The SMILES string of the molecule is C=CCN1COC(=O)[C@]2(C(=O)OC(C)(C)C)CCCN12. The lowest BCUT2D eigenvalue weighted by molar-refractivity contribution is -0.224. The quantitative estimate of drug-likeness (QED) is 0.438. The fraction of sp³-hybridized carbons (Fsp3) is 0.714. The molecule has 2 aliphatic rings. The van der Waals surface area contributed by atoms with E-state index in [1.807, 2.05) is 5.01 Å². The van der Waals surface area contributed by atoms with Crippen molar-refractivity contribution in [1.82, 2.24) is 10.0 Å². The van der Waals surface area contributed by atoms with Gasteiger partial charge in [0.05, 0.1) is 0 Å². The Bertz CT molecular complexity index is 429. The van der Waals surface area contributed by atoms with Gasteiger partial charge in [0.1, 0.15) is 5.60 Å². The molecular formula is C14H22N2O4. The van der Waals surface area contributed by atoms with Crippen molar-refractivity contribution in [1.29, 1.82) is 0 Å². The Kier molecular flexibility index (Phi) is 3.88. The number of hydrogen-bond donors (Lipinski definition) is 0. The second-order valence-corrected chi connectivity index (χ2v) is 6.13. The molecule has 6 heteroatoms. The first-order chi connectivity index (χ1) is 9.31. The zero-order valence-electron chi connectivity index (χ0n) is 12.3. The number of carbonyl (C=O) groups excluding carboxylic acids is 2. The predicted molar refractivity (Wildman–Crippen MR) is 72.4 cm³/mol. The van der Waals surface area contributed by atoms with Gasteiger partial charge in [-0.25, -0.2) is 19.6 Å². The minimum Gasteiger partial charge on any atom is -0.458 e. The van der Waals surface area contributed by atoms with E-state index in [2.05, 4.69) is 6.58 Å². The number of carbonyl (C=O) groups is 2. The van der Waals surface area contributed by atoms with Crippen LogP contribution in [0.1, 0.15) is 33.6 Å². The molecule has 0 N–H and O–H groups in total. The van der Waals surface area contributed by atoms with Gasteiger partial charge in [-0.3, -0.25) is 0 Å². The van der Waals surface area contributed by atoms with E-state index in [0.717, 1.165) is 6.42 Å². The van der Waals surface area contributed by atoms with Gasteiger partial charge in [-0.15, -0.1) is 6.58 Å². The van der Waals surface area contributed by atoms with Crippen LogP contribution in [0.4, 0.5) is 0 Å². The number of cyclic esters (lactones) is 1. The van der Waals surface area contributed by atoms with Gasteiger partial charge in [0.15, 0.2) is 6.73 Å². The van der Waals surface area contributed by atoms with Crippen molar-refractivity contribution in [2.45, 2.75) is 44.8 Å². The summed E-state index contributed by atoms with van der Waals surface area (Å²) in [4.78, 5) is 24.8. The molecule has 2 heterocycles. The second kappa shape index (κ2) is 5.18. The molecule has 2 rings (SSSR count). The molecule has 0 amide bonds. The zero-order chi connectivity index (χ0) is 15.0. The summed E-state index contributed by atoms with van der Waals surface area (Å²) in [5.41, 5.74) is -1.96. The maximum Gasteiger partial charge on any atom is 0.341 e. The van der Waals surface area contributed by atoms with Crippen LogP contribution in [-0.4, -0.2) is 52.9 Å². The van der Waals surface area contributed by atoms with Crippen LogP contribution in [-0.2, 0) is 19.1 Å². The van der Waals surface area contributed by atoms with E-state index in [-0.39, 0.29) is 6.73 Å². The minimum atomic E-state index is -1.32. The lowest BCUT2D eigenvalue weighted by atomic mass is 9.96. The number of fused-ring (bicyclic) bond motifs is 1. The Morgan fingerprint density at radius 3 is 2.85 bits per heavy atom. The molecule has 112 valence electrons. The Labute approximate surface area is 119 Å². The van der Waals surface area contributed by atoms with Crippen molar-refractivity contribution in [3.05, 3.63) is 12.7 Å². The zero-order valence-corrected chi connectivity index (χ0v) is 12.3. The first-order valence-corrected chi connectivity index (χ1v) is 6.85. The summed E-state index contributed by atoms with van der Waals surface area (Å²) in [5, 5.41) is 3.61. The van der Waals surface area contributed by atoms with Crippen LogP contribution in [0.2, 0.25) is 0 Å². The smallest absolute Gasteiger partial charge is 0.341 e. The first-order valence-electron chi connectivity index (χ1n) is 6.85. The molecular weight excluding hydrogens is 260 g/mol. The highest BCUT2D eigenvalue weighted by Gasteiger charge is 2.61. The third-order valence-electron chi connectivity index (χ3n) is 3.45. The van der Waals surface area contributed by atoms with Gasteiger partial charge < -0.3 is 9.47 Å². The maximum atomic E-state index is 12.6. The molecule has 0 radical (unpaired) electrons. The van der Waals surface area contributed by atoms with Gasteiger partial charge >= 0.3 is 11.9 Å². The summed E-state index contributed by atoms with van der Waals surface area (Å²) >= 11 is 0. The van der Waals surface area contributed by atoms with Gasteiger partial charge in [0.25, 0.3) is 0 Å². The first kappa shape index (κ1) is 15.0. The van der Waals surface area contributed by atoms with Gasteiger partial charge in [0, 0.05) is 13.1 Å². The fourth-order valence-corrected chi connectivity index (χ4v) is 2.67. The van der Waals surface area contributed by atoms with Crippen molar-refractivity contribution >= 4 is 11.9 Å². The predicted octanol–water partition coefficient (Wildman–Crippen LogP) is 1.08. The number of rotatable bonds is 3. The molecule has 20 heavy (non-hydrogen) atoms. The van der Waals surface area contributed by atoms with E-state index in [1.165, 1.54) is 0 Å². The van der Waals surface area contributed by atoms with Crippen molar-refractivity contribution in [2.24, 2.45) is 0 Å². The van der Waals surface area contributed by atoms with Crippen LogP contribution in [0.3, 0.4) is 0 Å². The number of hydrazine groups is 1. The standard InChI is InChI=1S/C14H22N2O4/c1-5-8-15-10-19-11(17)14(7-6-9-16(14)15)12(18)20-13(2,3)4/h5H,1,6-10H2,2-4H3/t14-/m0/s1. The molecule has 0 aromatic heterocycles. The van der Waals surface area contributed by atoms with Gasteiger partial charge in [0.2, 0.25) is 5.54 Å². The molecule has 0 aliphatic carbocycles. The summed E-state index contributed by atoms with van der Waals surface area (Å²) in [6.07, 6.45) is 2.90.